The highest BCUT2D eigenvalue weighted by Gasteiger charge is 2.22. The maximum absolute atomic E-state index is 5.98. The predicted molar refractivity (Wildman–Crippen MR) is 71.8 cm³/mol. The van der Waals surface area contributed by atoms with Crippen LogP contribution in [0.1, 0.15) is 38.5 Å². The molecule has 0 radical (unpaired) electrons. The minimum atomic E-state index is 0.306. The number of hydrogen-bond donors (Lipinski definition) is 0. The normalized spacial score (nSPS) is 24.8. The Kier molecular flexibility index (Phi) is 3.89. The van der Waals surface area contributed by atoms with E-state index in [0.29, 0.717) is 12.2 Å². The zero-order chi connectivity index (χ0) is 12.4. The fourth-order valence-electron chi connectivity index (χ4n) is 2.73. The summed E-state index contributed by atoms with van der Waals surface area (Å²) >= 11 is 3.59. The number of nitrogens with zero attached hydrogens (tertiary/aromatic N) is 2. The van der Waals surface area contributed by atoms with Crippen LogP contribution in [0.3, 0.4) is 0 Å². The van der Waals surface area contributed by atoms with Gasteiger partial charge in [0.05, 0.1) is 24.9 Å². The van der Waals surface area contributed by atoms with Gasteiger partial charge in [-0.2, -0.15) is 5.10 Å². The minimum absolute atomic E-state index is 0.306. The van der Waals surface area contributed by atoms with Crippen molar-refractivity contribution in [3.63, 3.8) is 0 Å². The van der Waals surface area contributed by atoms with Crippen LogP contribution >= 0.6 is 15.9 Å². The molecule has 2 heterocycles. The van der Waals surface area contributed by atoms with Gasteiger partial charge in [-0.15, -0.1) is 0 Å². The molecule has 100 valence electrons. The van der Waals surface area contributed by atoms with Crippen molar-refractivity contribution in [1.29, 1.82) is 0 Å². The molecule has 1 unspecified atom stereocenters. The van der Waals surface area contributed by atoms with E-state index < -0.39 is 0 Å². The van der Waals surface area contributed by atoms with Crippen LogP contribution in [0.15, 0.2) is 10.8 Å². The Hall–Kier alpha value is -0.550. The molecule has 0 N–H and O–H groups in total. The van der Waals surface area contributed by atoms with E-state index >= 15 is 0 Å². The van der Waals surface area contributed by atoms with Gasteiger partial charge < -0.3 is 9.47 Å². The standard InChI is InChI=1S/C13H19BrN2O2/c14-13-12(18-10-4-1-2-5-10)8-15-16(13)9-11-6-3-7-17-11/h8,10-11H,1-7,9H2. The Labute approximate surface area is 116 Å². The molecule has 0 amide bonds. The maximum Gasteiger partial charge on any atom is 0.172 e. The van der Waals surface area contributed by atoms with E-state index in [-0.39, 0.29) is 0 Å². The van der Waals surface area contributed by atoms with Crippen LogP contribution in [0.2, 0.25) is 0 Å². The van der Waals surface area contributed by atoms with Crippen molar-refractivity contribution < 1.29 is 9.47 Å². The SMILES string of the molecule is Brc1c(OC2CCCC2)cnn1CC1CCCO1. The Morgan fingerprint density at radius 1 is 1.33 bits per heavy atom. The molecule has 1 aliphatic heterocycles. The number of hydrogen-bond acceptors (Lipinski definition) is 3. The molecule has 0 bridgehead atoms. The molecule has 18 heavy (non-hydrogen) atoms. The van der Waals surface area contributed by atoms with E-state index in [9.17, 15) is 0 Å². The van der Waals surface area contributed by atoms with Crippen molar-refractivity contribution in [3.8, 4) is 5.75 Å². The van der Waals surface area contributed by atoms with Crippen molar-refractivity contribution in [2.24, 2.45) is 0 Å². The summed E-state index contributed by atoms with van der Waals surface area (Å²) in [6.45, 7) is 1.70. The first-order valence-corrected chi connectivity index (χ1v) is 7.62. The van der Waals surface area contributed by atoms with Crippen LogP contribution in [0, 0.1) is 0 Å². The summed E-state index contributed by atoms with van der Waals surface area (Å²) in [4.78, 5) is 0. The Bertz CT molecular complexity index is 360. The van der Waals surface area contributed by atoms with Gasteiger partial charge >= 0.3 is 0 Å². The van der Waals surface area contributed by atoms with Gasteiger partial charge in [0.15, 0.2) is 5.75 Å². The maximum atomic E-state index is 5.98. The smallest absolute Gasteiger partial charge is 0.172 e. The molecule has 1 aromatic heterocycles. The van der Waals surface area contributed by atoms with Crippen molar-refractivity contribution in [2.75, 3.05) is 6.61 Å². The molecule has 4 nitrogen and oxygen atoms in total. The Morgan fingerprint density at radius 3 is 2.89 bits per heavy atom. The molecular weight excluding hydrogens is 296 g/mol. The first-order valence-electron chi connectivity index (χ1n) is 6.82. The highest BCUT2D eigenvalue weighted by molar-refractivity contribution is 9.10. The quantitative estimate of drug-likeness (QED) is 0.856. The summed E-state index contributed by atoms with van der Waals surface area (Å²) in [5, 5.41) is 4.39. The Morgan fingerprint density at radius 2 is 2.17 bits per heavy atom. The van der Waals surface area contributed by atoms with Crippen molar-refractivity contribution in [2.45, 2.75) is 57.3 Å². The highest BCUT2D eigenvalue weighted by Crippen LogP contribution is 2.30. The number of aromatic nitrogens is 2. The summed E-state index contributed by atoms with van der Waals surface area (Å²) in [6.07, 6.45) is 9.70. The van der Waals surface area contributed by atoms with Crippen LogP contribution in [0.25, 0.3) is 0 Å². The van der Waals surface area contributed by atoms with E-state index in [1.54, 1.807) is 0 Å². The largest absolute Gasteiger partial charge is 0.486 e. The second-order valence-corrected chi connectivity index (χ2v) is 5.89. The zero-order valence-corrected chi connectivity index (χ0v) is 12.1. The molecule has 0 spiro atoms. The molecule has 0 aromatic carbocycles. The van der Waals surface area contributed by atoms with Gasteiger partial charge in [-0.25, -0.2) is 0 Å². The molecule has 2 fully saturated rings. The number of halogens is 1. The Balaban J connectivity index is 1.63. The summed E-state index contributed by atoms with van der Waals surface area (Å²) in [5.74, 6) is 0.875. The van der Waals surface area contributed by atoms with E-state index in [1.165, 1.54) is 25.7 Å². The zero-order valence-electron chi connectivity index (χ0n) is 10.5. The minimum Gasteiger partial charge on any atom is -0.486 e. The van der Waals surface area contributed by atoms with Crippen molar-refractivity contribution in [1.82, 2.24) is 9.78 Å². The van der Waals surface area contributed by atoms with Gasteiger partial charge in [0, 0.05) is 6.61 Å². The topological polar surface area (TPSA) is 36.3 Å². The van der Waals surface area contributed by atoms with Crippen molar-refractivity contribution >= 4 is 15.9 Å². The molecular formula is C13H19BrN2O2. The van der Waals surface area contributed by atoms with Gasteiger partial charge in [0.2, 0.25) is 0 Å². The highest BCUT2D eigenvalue weighted by atomic mass is 79.9. The lowest BCUT2D eigenvalue weighted by atomic mass is 10.2. The van der Waals surface area contributed by atoms with Crippen LogP contribution in [0.4, 0.5) is 0 Å². The average molecular weight is 315 g/mol. The van der Waals surface area contributed by atoms with Gasteiger partial charge in [-0.05, 0) is 54.5 Å². The molecule has 1 aliphatic carbocycles. The predicted octanol–water partition coefficient (Wildman–Crippen LogP) is 3.15. The van der Waals surface area contributed by atoms with E-state index in [4.69, 9.17) is 9.47 Å². The molecule has 1 saturated carbocycles. The van der Waals surface area contributed by atoms with Crippen LogP contribution < -0.4 is 4.74 Å². The van der Waals surface area contributed by atoms with E-state index in [0.717, 1.165) is 36.3 Å². The fraction of sp³-hybridized carbons (Fsp3) is 0.769. The number of ether oxygens (including phenoxy) is 2. The van der Waals surface area contributed by atoms with Crippen LogP contribution in [-0.2, 0) is 11.3 Å². The lowest BCUT2D eigenvalue weighted by Gasteiger charge is -2.13. The van der Waals surface area contributed by atoms with Gasteiger partial charge in [0.25, 0.3) is 0 Å². The van der Waals surface area contributed by atoms with Crippen molar-refractivity contribution in [3.05, 3.63) is 10.8 Å². The first kappa shape index (κ1) is 12.5. The molecule has 5 heteroatoms. The summed E-state index contributed by atoms with van der Waals surface area (Å²) in [5.41, 5.74) is 0. The van der Waals surface area contributed by atoms with Gasteiger partial charge in [-0.1, -0.05) is 0 Å². The third-order valence-electron chi connectivity index (χ3n) is 3.74. The molecule has 2 aliphatic rings. The fourth-order valence-corrected chi connectivity index (χ4v) is 3.16. The lowest BCUT2D eigenvalue weighted by Crippen LogP contribution is -2.16. The molecule has 1 saturated heterocycles. The lowest BCUT2D eigenvalue weighted by molar-refractivity contribution is 0.0932. The number of rotatable bonds is 4. The summed E-state index contributed by atoms with van der Waals surface area (Å²) < 4.78 is 14.5. The monoisotopic (exact) mass is 314 g/mol. The second kappa shape index (κ2) is 5.61. The second-order valence-electron chi connectivity index (χ2n) is 5.14. The summed E-state index contributed by atoms with van der Waals surface area (Å²) in [7, 11) is 0. The first-order chi connectivity index (χ1) is 8.83. The molecule has 1 atom stereocenters. The van der Waals surface area contributed by atoms with Crippen LogP contribution in [-0.4, -0.2) is 28.6 Å². The average Bonchev–Trinajstić information content (AvgIpc) is 3.08. The van der Waals surface area contributed by atoms with Gasteiger partial charge in [0.1, 0.15) is 4.60 Å². The third-order valence-corrected chi connectivity index (χ3v) is 4.54. The van der Waals surface area contributed by atoms with E-state index in [2.05, 4.69) is 21.0 Å². The third kappa shape index (κ3) is 2.72. The van der Waals surface area contributed by atoms with E-state index in [1.807, 2.05) is 10.9 Å². The summed E-state index contributed by atoms with van der Waals surface area (Å²) in [6, 6.07) is 0. The van der Waals surface area contributed by atoms with Crippen LogP contribution in [0.5, 0.6) is 5.75 Å². The van der Waals surface area contributed by atoms with Gasteiger partial charge in [-0.3, -0.25) is 4.68 Å². The molecule has 3 rings (SSSR count). The molecule has 1 aromatic rings.